The molecule has 2 rings (SSSR count). The Kier molecular flexibility index (Phi) is 3.68. The molecule has 1 unspecified atom stereocenters. The normalized spacial score (nSPS) is 12.4. The van der Waals surface area contributed by atoms with Crippen molar-refractivity contribution in [2.45, 2.75) is 6.04 Å². The molecule has 2 aromatic heterocycles. The lowest BCUT2D eigenvalue weighted by Gasteiger charge is -2.17. The van der Waals surface area contributed by atoms with Crippen LogP contribution >= 0.6 is 15.9 Å². The van der Waals surface area contributed by atoms with Gasteiger partial charge in [-0.15, -0.1) is 0 Å². The molecule has 88 valence electrons. The van der Waals surface area contributed by atoms with Gasteiger partial charge < -0.3 is 5.73 Å². The van der Waals surface area contributed by atoms with Crippen LogP contribution in [-0.4, -0.2) is 9.97 Å². The number of nitrogens with zero attached hydrogens (tertiary/aromatic N) is 2. The van der Waals surface area contributed by atoms with Gasteiger partial charge in [0.1, 0.15) is 5.82 Å². The van der Waals surface area contributed by atoms with Gasteiger partial charge in [0, 0.05) is 28.6 Å². The number of nitrogens with one attached hydrogen (secondary N) is 1. The number of aromatic nitrogens is 2. The monoisotopic (exact) mass is 293 g/mol. The van der Waals surface area contributed by atoms with Gasteiger partial charge in [-0.1, -0.05) is 6.07 Å². The van der Waals surface area contributed by atoms with Gasteiger partial charge in [0.15, 0.2) is 0 Å². The van der Waals surface area contributed by atoms with Gasteiger partial charge in [0.25, 0.3) is 0 Å². The van der Waals surface area contributed by atoms with E-state index in [4.69, 9.17) is 11.6 Å². The van der Waals surface area contributed by atoms with E-state index in [0.29, 0.717) is 5.82 Å². The highest BCUT2D eigenvalue weighted by Crippen LogP contribution is 2.25. The number of hydrogen-bond donors (Lipinski definition) is 3. The predicted molar refractivity (Wildman–Crippen MR) is 69.8 cm³/mol. The number of anilines is 1. The van der Waals surface area contributed by atoms with Crippen molar-refractivity contribution in [3.8, 4) is 0 Å². The SMILES string of the molecule is NNC(c1cncc(Br)c1)c1cccnc1N. The van der Waals surface area contributed by atoms with E-state index in [-0.39, 0.29) is 6.04 Å². The number of nitrogens with two attached hydrogens (primary N) is 2. The van der Waals surface area contributed by atoms with Crippen LogP contribution in [-0.2, 0) is 0 Å². The molecule has 2 heterocycles. The summed E-state index contributed by atoms with van der Waals surface area (Å²) in [6, 6.07) is 5.41. The van der Waals surface area contributed by atoms with E-state index in [1.807, 2.05) is 18.2 Å². The first-order valence-electron chi connectivity index (χ1n) is 4.99. The highest BCUT2D eigenvalue weighted by molar-refractivity contribution is 9.10. The average Bonchev–Trinajstić information content (AvgIpc) is 2.33. The van der Waals surface area contributed by atoms with Crippen LogP contribution in [0, 0.1) is 0 Å². The lowest BCUT2D eigenvalue weighted by molar-refractivity contribution is 0.634. The van der Waals surface area contributed by atoms with Gasteiger partial charge in [0.05, 0.1) is 6.04 Å². The van der Waals surface area contributed by atoms with Crippen molar-refractivity contribution >= 4 is 21.7 Å². The first-order valence-corrected chi connectivity index (χ1v) is 5.78. The Hall–Kier alpha value is -1.50. The molecule has 2 aromatic rings. The minimum absolute atomic E-state index is 0.228. The Bertz CT molecular complexity index is 517. The van der Waals surface area contributed by atoms with Gasteiger partial charge in [-0.3, -0.25) is 10.8 Å². The van der Waals surface area contributed by atoms with Gasteiger partial charge in [-0.25, -0.2) is 10.4 Å². The van der Waals surface area contributed by atoms with Crippen molar-refractivity contribution < 1.29 is 0 Å². The Morgan fingerprint density at radius 2 is 2.18 bits per heavy atom. The standard InChI is InChI=1S/C11H12BrN5/c12-8-4-7(5-15-6-8)10(17-14)9-2-1-3-16-11(9)13/h1-6,10,17H,14H2,(H2,13,16). The van der Waals surface area contributed by atoms with Crippen LogP contribution in [0.5, 0.6) is 0 Å². The van der Waals surface area contributed by atoms with Crippen LogP contribution in [0.15, 0.2) is 41.3 Å². The molecule has 5 nitrogen and oxygen atoms in total. The maximum absolute atomic E-state index is 5.83. The van der Waals surface area contributed by atoms with Crippen LogP contribution in [0.1, 0.15) is 17.2 Å². The van der Waals surface area contributed by atoms with E-state index < -0.39 is 0 Å². The van der Waals surface area contributed by atoms with Crippen LogP contribution in [0.25, 0.3) is 0 Å². The zero-order valence-corrected chi connectivity index (χ0v) is 10.6. The Morgan fingerprint density at radius 3 is 2.82 bits per heavy atom. The molecule has 0 aliphatic rings. The minimum Gasteiger partial charge on any atom is -0.383 e. The molecule has 0 aliphatic heterocycles. The summed E-state index contributed by atoms with van der Waals surface area (Å²) in [6.07, 6.45) is 5.09. The molecule has 0 bridgehead atoms. The summed E-state index contributed by atoms with van der Waals surface area (Å²) in [4.78, 5) is 8.15. The molecule has 6 heteroatoms. The summed E-state index contributed by atoms with van der Waals surface area (Å²) in [5.74, 6) is 6.03. The summed E-state index contributed by atoms with van der Waals surface area (Å²) in [6.45, 7) is 0. The van der Waals surface area contributed by atoms with E-state index in [9.17, 15) is 0 Å². The Balaban J connectivity index is 2.44. The van der Waals surface area contributed by atoms with Crippen LogP contribution in [0.4, 0.5) is 5.82 Å². The Morgan fingerprint density at radius 1 is 1.35 bits per heavy atom. The van der Waals surface area contributed by atoms with Gasteiger partial charge >= 0.3 is 0 Å². The molecule has 0 spiro atoms. The molecule has 0 fully saturated rings. The number of hydrogen-bond acceptors (Lipinski definition) is 5. The minimum atomic E-state index is -0.228. The van der Waals surface area contributed by atoms with Gasteiger partial charge in [0.2, 0.25) is 0 Å². The number of nitrogen functional groups attached to an aromatic ring is 1. The molecule has 0 aliphatic carbocycles. The third-order valence-corrected chi connectivity index (χ3v) is 2.84. The fraction of sp³-hybridized carbons (Fsp3) is 0.0909. The first-order chi connectivity index (χ1) is 8.22. The molecule has 0 aromatic carbocycles. The van der Waals surface area contributed by atoms with E-state index in [1.54, 1.807) is 18.6 Å². The molecule has 0 amide bonds. The fourth-order valence-corrected chi connectivity index (χ4v) is 2.01. The molecule has 0 radical (unpaired) electrons. The van der Waals surface area contributed by atoms with Crippen molar-refractivity contribution in [3.05, 3.63) is 52.4 Å². The smallest absolute Gasteiger partial charge is 0.128 e. The summed E-state index contributed by atoms with van der Waals surface area (Å²) >= 11 is 3.37. The van der Waals surface area contributed by atoms with E-state index in [0.717, 1.165) is 15.6 Å². The van der Waals surface area contributed by atoms with Crippen molar-refractivity contribution in [1.29, 1.82) is 0 Å². The second kappa shape index (κ2) is 5.22. The van der Waals surface area contributed by atoms with Crippen molar-refractivity contribution in [3.63, 3.8) is 0 Å². The third kappa shape index (κ3) is 2.60. The first kappa shape index (κ1) is 12.0. The largest absolute Gasteiger partial charge is 0.383 e. The van der Waals surface area contributed by atoms with Crippen molar-refractivity contribution in [2.75, 3.05) is 5.73 Å². The number of rotatable bonds is 3. The summed E-state index contributed by atoms with van der Waals surface area (Å²) < 4.78 is 0.887. The summed E-state index contributed by atoms with van der Waals surface area (Å²) in [5, 5.41) is 0. The number of hydrazine groups is 1. The summed E-state index contributed by atoms with van der Waals surface area (Å²) in [7, 11) is 0. The molecule has 5 N–H and O–H groups in total. The van der Waals surface area contributed by atoms with Crippen LogP contribution in [0.2, 0.25) is 0 Å². The zero-order valence-electron chi connectivity index (χ0n) is 8.97. The van der Waals surface area contributed by atoms with Crippen molar-refractivity contribution in [1.82, 2.24) is 15.4 Å². The Labute approximate surface area is 107 Å². The van der Waals surface area contributed by atoms with Gasteiger partial charge in [-0.2, -0.15) is 0 Å². The molecule has 0 saturated carbocycles. The average molecular weight is 294 g/mol. The number of halogens is 1. The maximum Gasteiger partial charge on any atom is 0.128 e. The second-order valence-electron chi connectivity index (χ2n) is 3.51. The maximum atomic E-state index is 5.83. The second-order valence-corrected chi connectivity index (χ2v) is 4.43. The van der Waals surface area contributed by atoms with E-state index >= 15 is 0 Å². The summed E-state index contributed by atoms with van der Waals surface area (Å²) in [5.41, 5.74) is 10.3. The zero-order chi connectivity index (χ0) is 12.3. The highest BCUT2D eigenvalue weighted by Gasteiger charge is 2.16. The lowest BCUT2D eigenvalue weighted by Crippen LogP contribution is -2.29. The molecular formula is C11H12BrN5. The van der Waals surface area contributed by atoms with Crippen LogP contribution < -0.4 is 17.0 Å². The quantitative estimate of drug-likeness (QED) is 0.587. The predicted octanol–water partition coefficient (Wildman–Crippen LogP) is 1.37. The molecular weight excluding hydrogens is 282 g/mol. The topological polar surface area (TPSA) is 89.8 Å². The highest BCUT2D eigenvalue weighted by atomic mass is 79.9. The van der Waals surface area contributed by atoms with Crippen LogP contribution in [0.3, 0.4) is 0 Å². The molecule has 17 heavy (non-hydrogen) atoms. The van der Waals surface area contributed by atoms with Crippen molar-refractivity contribution in [2.24, 2.45) is 5.84 Å². The lowest BCUT2D eigenvalue weighted by atomic mass is 10.0. The fourth-order valence-electron chi connectivity index (χ4n) is 1.63. The van der Waals surface area contributed by atoms with E-state index in [2.05, 4.69) is 31.3 Å². The number of pyridine rings is 2. The molecule has 0 saturated heterocycles. The third-order valence-electron chi connectivity index (χ3n) is 2.41. The van der Waals surface area contributed by atoms with Gasteiger partial charge in [-0.05, 0) is 33.6 Å². The molecule has 1 atom stereocenters. The van der Waals surface area contributed by atoms with E-state index in [1.165, 1.54) is 0 Å².